The average molecular weight is 240 g/mol. The second-order valence-corrected chi connectivity index (χ2v) is 5.96. The van der Waals surface area contributed by atoms with E-state index in [-0.39, 0.29) is 0 Å². The number of nitrogens with two attached hydrogens (primary N) is 1. The predicted octanol–water partition coefficient (Wildman–Crippen LogP) is 1.88. The highest BCUT2D eigenvalue weighted by atomic mass is 16.3. The van der Waals surface area contributed by atoms with E-state index in [1.807, 2.05) is 0 Å². The molecule has 1 heterocycles. The van der Waals surface area contributed by atoms with Crippen molar-refractivity contribution in [3.63, 3.8) is 0 Å². The highest BCUT2D eigenvalue weighted by Crippen LogP contribution is 2.27. The summed E-state index contributed by atoms with van der Waals surface area (Å²) >= 11 is 0. The van der Waals surface area contributed by atoms with Gasteiger partial charge in [-0.25, -0.2) is 0 Å². The molecule has 1 aliphatic carbocycles. The molecule has 2 fully saturated rings. The summed E-state index contributed by atoms with van der Waals surface area (Å²) in [7, 11) is 0. The summed E-state index contributed by atoms with van der Waals surface area (Å²) in [6.07, 6.45) is 11.2. The molecule has 3 heteroatoms. The number of hydrogen-bond acceptors (Lipinski definition) is 3. The molecule has 1 saturated carbocycles. The summed E-state index contributed by atoms with van der Waals surface area (Å²) in [4.78, 5) is 2.62. The Bertz CT molecular complexity index is 226. The van der Waals surface area contributed by atoms with Crippen molar-refractivity contribution in [1.29, 1.82) is 0 Å². The fourth-order valence-corrected chi connectivity index (χ4v) is 3.39. The third-order valence-electron chi connectivity index (χ3n) is 4.67. The first-order valence-electron chi connectivity index (χ1n) is 7.40. The van der Waals surface area contributed by atoms with E-state index < -0.39 is 5.60 Å². The van der Waals surface area contributed by atoms with Crippen molar-refractivity contribution >= 4 is 0 Å². The van der Waals surface area contributed by atoms with Gasteiger partial charge in [0.1, 0.15) is 0 Å². The van der Waals surface area contributed by atoms with Crippen LogP contribution in [0.2, 0.25) is 0 Å². The molecular formula is C14H28N2O. The van der Waals surface area contributed by atoms with Crippen molar-refractivity contribution in [2.75, 3.05) is 19.6 Å². The summed E-state index contributed by atoms with van der Waals surface area (Å²) < 4.78 is 0. The van der Waals surface area contributed by atoms with Crippen molar-refractivity contribution in [2.45, 2.75) is 69.4 Å². The Hall–Kier alpha value is -0.120. The van der Waals surface area contributed by atoms with Crippen LogP contribution in [0.3, 0.4) is 0 Å². The van der Waals surface area contributed by atoms with Gasteiger partial charge >= 0.3 is 0 Å². The monoisotopic (exact) mass is 240 g/mol. The van der Waals surface area contributed by atoms with E-state index in [1.54, 1.807) is 0 Å². The van der Waals surface area contributed by atoms with Gasteiger partial charge in [-0.05, 0) is 38.6 Å². The maximum absolute atomic E-state index is 10.3. The Labute approximate surface area is 105 Å². The molecule has 100 valence electrons. The zero-order valence-electron chi connectivity index (χ0n) is 11.0. The normalized spacial score (nSPS) is 34.2. The number of hydrogen-bond donors (Lipinski definition) is 2. The second kappa shape index (κ2) is 6.17. The Morgan fingerprint density at radius 1 is 1.00 bits per heavy atom. The highest BCUT2D eigenvalue weighted by molar-refractivity contribution is 4.86. The minimum Gasteiger partial charge on any atom is -0.389 e. The first-order valence-corrected chi connectivity index (χ1v) is 7.40. The number of nitrogens with zero attached hydrogens (tertiary/aromatic N) is 1. The quantitative estimate of drug-likeness (QED) is 0.725. The summed E-state index contributed by atoms with van der Waals surface area (Å²) in [6, 6.07) is 0.776. The van der Waals surface area contributed by atoms with Crippen LogP contribution in [0.15, 0.2) is 0 Å². The predicted molar refractivity (Wildman–Crippen MR) is 70.9 cm³/mol. The van der Waals surface area contributed by atoms with E-state index >= 15 is 0 Å². The molecule has 1 aliphatic heterocycles. The molecule has 0 radical (unpaired) electrons. The summed E-state index contributed by atoms with van der Waals surface area (Å²) in [5.74, 6) is 0. The van der Waals surface area contributed by atoms with E-state index in [1.165, 1.54) is 38.5 Å². The van der Waals surface area contributed by atoms with Gasteiger partial charge in [0.15, 0.2) is 0 Å². The maximum Gasteiger partial charge on any atom is 0.0782 e. The van der Waals surface area contributed by atoms with Crippen LogP contribution in [-0.4, -0.2) is 41.3 Å². The molecule has 17 heavy (non-hydrogen) atoms. The van der Waals surface area contributed by atoms with Gasteiger partial charge in [-0.1, -0.05) is 25.7 Å². The molecule has 2 rings (SSSR count). The first kappa shape index (κ1) is 13.3. The van der Waals surface area contributed by atoms with Crippen molar-refractivity contribution in [3.8, 4) is 0 Å². The lowest BCUT2D eigenvalue weighted by atomic mass is 9.95. The van der Waals surface area contributed by atoms with Crippen LogP contribution < -0.4 is 5.73 Å². The van der Waals surface area contributed by atoms with Crippen molar-refractivity contribution in [1.82, 2.24) is 4.90 Å². The second-order valence-electron chi connectivity index (χ2n) is 5.96. The molecule has 0 spiro atoms. The van der Waals surface area contributed by atoms with Crippen LogP contribution in [0, 0.1) is 0 Å². The zero-order chi connectivity index (χ0) is 12.1. The minimum atomic E-state index is -0.584. The Morgan fingerprint density at radius 2 is 1.71 bits per heavy atom. The van der Waals surface area contributed by atoms with Gasteiger partial charge < -0.3 is 15.7 Å². The summed E-state index contributed by atoms with van der Waals surface area (Å²) in [5.41, 5.74) is 5.10. The maximum atomic E-state index is 10.3. The zero-order valence-corrected chi connectivity index (χ0v) is 11.0. The lowest BCUT2D eigenvalue weighted by Crippen LogP contribution is -2.40. The molecule has 0 amide bonds. The number of likely N-dealkylation sites (tertiary alicyclic amines) is 1. The van der Waals surface area contributed by atoms with Gasteiger partial charge in [-0.15, -0.1) is 0 Å². The van der Waals surface area contributed by atoms with Gasteiger partial charge in [0.25, 0.3) is 0 Å². The standard InChI is InChI=1S/C14H28N2O/c15-12-14(17)8-5-10-16(11-9-14)13-6-3-1-2-4-7-13/h13,17H,1-12,15H2. The molecule has 1 unspecified atom stereocenters. The minimum absolute atomic E-state index is 0.422. The van der Waals surface area contributed by atoms with Crippen molar-refractivity contribution < 1.29 is 5.11 Å². The summed E-state index contributed by atoms with van der Waals surface area (Å²) in [6.45, 7) is 2.62. The molecule has 0 aromatic rings. The van der Waals surface area contributed by atoms with Crippen LogP contribution in [0.1, 0.15) is 57.8 Å². The largest absolute Gasteiger partial charge is 0.389 e. The van der Waals surface area contributed by atoms with E-state index in [0.29, 0.717) is 6.54 Å². The smallest absolute Gasteiger partial charge is 0.0782 e. The third-order valence-corrected chi connectivity index (χ3v) is 4.67. The van der Waals surface area contributed by atoms with Crippen LogP contribution in [0.4, 0.5) is 0 Å². The Morgan fingerprint density at radius 3 is 2.35 bits per heavy atom. The lowest BCUT2D eigenvalue weighted by molar-refractivity contribution is 0.0324. The van der Waals surface area contributed by atoms with Crippen LogP contribution in [0.5, 0.6) is 0 Å². The van der Waals surface area contributed by atoms with Crippen LogP contribution in [-0.2, 0) is 0 Å². The first-order chi connectivity index (χ1) is 8.23. The SMILES string of the molecule is NCC1(O)CCCN(C2CCCCCC2)CC1. The topological polar surface area (TPSA) is 49.5 Å². The van der Waals surface area contributed by atoms with Gasteiger partial charge in [0.2, 0.25) is 0 Å². The molecular weight excluding hydrogens is 212 g/mol. The fourth-order valence-electron chi connectivity index (χ4n) is 3.39. The fraction of sp³-hybridized carbons (Fsp3) is 1.00. The van der Waals surface area contributed by atoms with E-state index in [0.717, 1.165) is 38.4 Å². The number of rotatable bonds is 2. The molecule has 1 atom stereocenters. The highest BCUT2D eigenvalue weighted by Gasteiger charge is 2.30. The van der Waals surface area contributed by atoms with Gasteiger partial charge in [0.05, 0.1) is 5.60 Å². The molecule has 1 saturated heterocycles. The molecule has 3 nitrogen and oxygen atoms in total. The summed E-state index contributed by atoms with van der Waals surface area (Å²) in [5, 5.41) is 10.3. The Kier molecular flexibility index (Phi) is 4.83. The van der Waals surface area contributed by atoms with Gasteiger partial charge in [-0.3, -0.25) is 0 Å². The molecule has 0 aromatic carbocycles. The molecule has 2 aliphatic rings. The van der Waals surface area contributed by atoms with E-state index in [9.17, 15) is 5.11 Å². The average Bonchev–Trinajstić information content (AvgIpc) is 2.70. The lowest BCUT2D eigenvalue weighted by Gasteiger charge is -2.30. The van der Waals surface area contributed by atoms with Gasteiger partial charge in [-0.2, -0.15) is 0 Å². The third kappa shape index (κ3) is 3.67. The molecule has 3 N–H and O–H groups in total. The van der Waals surface area contributed by atoms with Crippen molar-refractivity contribution in [3.05, 3.63) is 0 Å². The van der Waals surface area contributed by atoms with E-state index in [2.05, 4.69) is 4.90 Å². The van der Waals surface area contributed by atoms with Crippen molar-refractivity contribution in [2.24, 2.45) is 5.73 Å². The van der Waals surface area contributed by atoms with E-state index in [4.69, 9.17) is 5.73 Å². The van der Waals surface area contributed by atoms with Crippen LogP contribution in [0.25, 0.3) is 0 Å². The van der Waals surface area contributed by atoms with Gasteiger partial charge in [0, 0.05) is 19.1 Å². The van der Waals surface area contributed by atoms with Crippen LogP contribution >= 0.6 is 0 Å². The Balaban J connectivity index is 1.88. The molecule has 0 aromatic heterocycles. The number of aliphatic hydroxyl groups is 1. The molecule has 0 bridgehead atoms.